The fourth-order valence-electron chi connectivity index (χ4n) is 1.95. The lowest BCUT2D eigenvalue weighted by molar-refractivity contribution is 0.118. The molecule has 20 heavy (non-hydrogen) atoms. The third-order valence-corrected chi connectivity index (χ3v) is 3.02. The fourth-order valence-corrected chi connectivity index (χ4v) is 1.95. The minimum absolute atomic E-state index is 0.507. The van der Waals surface area contributed by atoms with Crippen molar-refractivity contribution in [2.45, 2.75) is 26.4 Å². The maximum atomic E-state index is 7.58. The monoisotopic (exact) mass is 268 g/mol. The molecule has 1 heterocycles. The first-order valence-electron chi connectivity index (χ1n) is 6.89. The van der Waals surface area contributed by atoms with Gasteiger partial charge in [0.25, 0.3) is 0 Å². The van der Waals surface area contributed by atoms with E-state index in [1.165, 1.54) is 5.56 Å². The van der Waals surface area contributed by atoms with Crippen molar-refractivity contribution in [3.05, 3.63) is 65.5 Å². The summed E-state index contributed by atoms with van der Waals surface area (Å²) in [4.78, 5) is 4.45. The molecule has 104 valence electrons. The lowest BCUT2D eigenvalue weighted by Gasteiger charge is -2.05. The molecule has 0 bridgehead atoms. The molecule has 2 rings (SSSR count). The number of ether oxygens (including phenoxy) is 1. The molecule has 0 amide bonds. The highest BCUT2D eigenvalue weighted by Gasteiger charge is 2.00. The van der Waals surface area contributed by atoms with E-state index in [0.717, 1.165) is 30.8 Å². The number of pyridine rings is 1. The van der Waals surface area contributed by atoms with Gasteiger partial charge in [-0.2, -0.15) is 0 Å². The lowest BCUT2D eigenvalue weighted by Crippen LogP contribution is -2.02. The van der Waals surface area contributed by atoms with Gasteiger partial charge in [-0.1, -0.05) is 36.4 Å². The number of hydrogen-bond donors (Lipinski definition) is 1. The van der Waals surface area contributed by atoms with E-state index >= 15 is 0 Å². The molecule has 0 aliphatic rings. The quantitative estimate of drug-likeness (QED) is 0.616. The molecule has 0 radical (unpaired) electrons. The third kappa shape index (κ3) is 4.59. The lowest BCUT2D eigenvalue weighted by atomic mass is 10.2. The van der Waals surface area contributed by atoms with Crippen LogP contribution in [0.3, 0.4) is 0 Å². The van der Waals surface area contributed by atoms with Crippen molar-refractivity contribution in [1.82, 2.24) is 4.98 Å². The van der Waals surface area contributed by atoms with Crippen LogP contribution in [0.4, 0.5) is 0 Å². The number of hydrogen-bond acceptors (Lipinski definition) is 3. The average Bonchev–Trinajstić information content (AvgIpc) is 2.48. The summed E-state index contributed by atoms with van der Waals surface area (Å²) < 4.78 is 5.65. The van der Waals surface area contributed by atoms with E-state index in [1.54, 1.807) is 6.92 Å². The van der Waals surface area contributed by atoms with Crippen molar-refractivity contribution in [3.63, 3.8) is 0 Å². The van der Waals surface area contributed by atoms with Gasteiger partial charge < -0.3 is 10.1 Å². The van der Waals surface area contributed by atoms with Crippen LogP contribution in [-0.2, 0) is 17.8 Å². The van der Waals surface area contributed by atoms with Gasteiger partial charge in [0.2, 0.25) is 0 Å². The van der Waals surface area contributed by atoms with Crippen molar-refractivity contribution >= 4 is 5.71 Å². The van der Waals surface area contributed by atoms with Crippen LogP contribution in [-0.4, -0.2) is 17.3 Å². The highest BCUT2D eigenvalue weighted by molar-refractivity contribution is 5.94. The molecule has 0 saturated heterocycles. The second-order valence-corrected chi connectivity index (χ2v) is 4.78. The second kappa shape index (κ2) is 7.56. The molecule has 1 aromatic carbocycles. The Bertz CT molecular complexity index is 552. The zero-order valence-electron chi connectivity index (χ0n) is 11.8. The Morgan fingerprint density at radius 2 is 1.90 bits per heavy atom. The summed E-state index contributed by atoms with van der Waals surface area (Å²) in [5.41, 5.74) is 3.49. The van der Waals surface area contributed by atoms with E-state index in [-0.39, 0.29) is 0 Å². The van der Waals surface area contributed by atoms with Gasteiger partial charge in [0.05, 0.1) is 18.0 Å². The average molecular weight is 268 g/mol. The van der Waals surface area contributed by atoms with E-state index in [4.69, 9.17) is 10.1 Å². The molecule has 0 saturated carbocycles. The molecule has 1 aromatic heterocycles. The topological polar surface area (TPSA) is 46.0 Å². The van der Waals surface area contributed by atoms with Gasteiger partial charge in [0.15, 0.2) is 0 Å². The SMILES string of the molecule is CC(=N)c1cccc(CCCOCc2ccccc2)n1. The number of nitrogens with one attached hydrogen (secondary N) is 1. The van der Waals surface area contributed by atoms with Crippen LogP contribution in [0, 0.1) is 5.41 Å². The van der Waals surface area contributed by atoms with Gasteiger partial charge in [0, 0.05) is 12.3 Å². The van der Waals surface area contributed by atoms with Gasteiger partial charge >= 0.3 is 0 Å². The molecule has 0 spiro atoms. The van der Waals surface area contributed by atoms with Crippen LogP contribution in [0.1, 0.15) is 30.3 Å². The second-order valence-electron chi connectivity index (χ2n) is 4.78. The van der Waals surface area contributed by atoms with Crippen LogP contribution in [0.5, 0.6) is 0 Å². The zero-order valence-corrected chi connectivity index (χ0v) is 11.8. The van der Waals surface area contributed by atoms with E-state index in [0.29, 0.717) is 12.3 Å². The van der Waals surface area contributed by atoms with Crippen LogP contribution in [0.2, 0.25) is 0 Å². The third-order valence-electron chi connectivity index (χ3n) is 3.02. The van der Waals surface area contributed by atoms with Gasteiger partial charge in [-0.05, 0) is 37.5 Å². The van der Waals surface area contributed by atoms with E-state index < -0.39 is 0 Å². The van der Waals surface area contributed by atoms with Crippen LogP contribution in [0.15, 0.2) is 48.5 Å². The summed E-state index contributed by atoms with van der Waals surface area (Å²) in [6, 6.07) is 16.0. The Balaban J connectivity index is 1.71. The first-order chi connectivity index (χ1) is 9.75. The molecule has 0 unspecified atom stereocenters. The number of benzene rings is 1. The number of aromatic nitrogens is 1. The Morgan fingerprint density at radius 3 is 2.65 bits per heavy atom. The van der Waals surface area contributed by atoms with Crippen molar-refractivity contribution in [2.24, 2.45) is 0 Å². The predicted octanol–water partition coefficient (Wildman–Crippen LogP) is 3.62. The minimum atomic E-state index is 0.507. The first kappa shape index (κ1) is 14.4. The Labute approximate surface area is 120 Å². The number of nitrogens with zero attached hydrogens (tertiary/aromatic N) is 1. The Kier molecular flexibility index (Phi) is 5.44. The van der Waals surface area contributed by atoms with Gasteiger partial charge in [0.1, 0.15) is 0 Å². The normalized spacial score (nSPS) is 10.4. The molecule has 0 aliphatic carbocycles. The van der Waals surface area contributed by atoms with Crippen molar-refractivity contribution < 1.29 is 4.74 Å². The molecule has 2 aromatic rings. The standard InChI is InChI=1S/C17H20N2O/c1-14(18)17-11-5-9-16(19-17)10-6-12-20-13-15-7-3-2-4-8-15/h2-5,7-9,11,18H,6,10,12-13H2,1H3. The van der Waals surface area contributed by atoms with Gasteiger partial charge in [-0.25, -0.2) is 0 Å². The molecule has 3 nitrogen and oxygen atoms in total. The van der Waals surface area contributed by atoms with Gasteiger partial charge in [-0.15, -0.1) is 0 Å². The van der Waals surface area contributed by atoms with E-state index in [9.17, 15) is 0 Å². The summed E-state index contributed by atoms with van der Waals surface area (Å²) in [6.45, 7) is 3.15. The zero-order chi connectivity index (χ0) is 14.2. The maximum Gasteiger partial charge on any atom is 0.0837 e. The highest BCUT2D eigenvalue weighted by atomic mass is 16.5. The van der Waals surface area contributed by atoms with Crippen LogP contribution < -0.4 is 0 Å². The maximum absolute atomic E-state index is 7.58. The predicted molar refractivity (Wildman–Crippen MR) is 81.2 cm³/mol. The molecular formula is C17H20N2O. The molecule has 0 aliphatic heterocycles. The summed E-state index contributed by atoms with van der Waals surface area (Å²) >= 11 is 0. The van der Waals surface area contributed by atoms with Crippen molar-refractivity contribution in [1.29, 1.82) is 5.41 Å². The van der Waals surface area contributed by atoms with Crippen molar-refractivity contribution in [2.75, 3.05) is 6.61 Å². The minimum Gasteiger partial charge on any atom is -0.377 e. The number of aryl methyl sites for hydroxylation is 1. The molecular weight excluding hydrogens is 248 g/mol. The highest BCUT2D eigenvalue weighted by Crippen LogP contribution is 2.05. The smallest absolute Gasteiger partial charge is 0.0837 e. The fraction of sp³-hybridized carbons (Fsp3) is 0.294. The van der Waals surface area contributed by atoms with E-state index in [1.807, 2.05) is 36.4 Å². The largest absolute Gasteiger partial charge is 0.377 e. The summed E-state index contributed by atoms with van der Waals surface area (Å²) in [7, 11) is 0. The van der Waals surface area contributed by atoms with Crippen LogP contribution >= 0.6 is 0 Å². The Morgan fingerprint density at radius 1 is 1.10 bits per heavy atom. The van der Waals surface area contributed by atoms with Crippen molar-refractivity contribution in [3.8, 4) is 0 Å². The summed E-state index contributed by atoms with van der Waals surface area (Å²) in [5, 5.41) is 7.58. The first-order valence-corrected chi connectivity index (χ1v) is 6.89. The summed E-state index contributed by atoms with van der Waals surface area (Å²) in [5.74, 6) is 0. The van der Waals surface area contributed by atoms with E-state index in [2.05, 4.69) is 17.1 Å². The van der Waals surface area contributed by atoms with Crippen LogP contribution in [0.25, 0.3) is 0 Å². The Hall–Kier alpha value is -2.00. The molecule has 0 atom stereocenters. The molecule has 0 fully saturated rings. The number of rotatable bonds is 7. The molecule has 3 heteroatoms. The van der Waals surface area contributed by atoms with Gasteiger partial charge in [-0.3, -0.25) is 4.98 Å². The molecule has 1 N–H and O–H groups in total. The summed E-state index contributed by atoms with van der Waals surface area (Å²) in [6.07, 6.45) is 1.83.